The highest BCUT2D eigenvalue weighted by Crippen LogP contribution is 2.34. The number of sulfonamides is 1. The van der Waals surface area contributed by atoms with Gasteiger partial charge in [-0.15, -0.1) is 0 Å². The van der Waals surface area contributed by atoms with Crippen molar-refractivity contribution in [2.75, 3.05) is 13.1 Å². The van der Waals surface area contributed by atoms with Crippen molar-refractivity contribution in [3.8, 4) is 0 Å². The van der Waals surface area contributed by atoms with Gasteiger partial charge in [-0.1, -0.05) is 22.0 Å². The number of aryl methyl sites for hydroxylation is 1. The van der Waals surface area contributed by atoms with Crippen molar-refractivity contribution in [2.24, 2.45) is 5.41 Å². The molecule has 1 unspecified atom stereocenters. The van der Waals surface area contributed by atoms with Crippen LogP contribution in [0, 0.1) is 12.3 Å². The smallest absolute Gasteiger partial charge is 0.310 e. The summed E-state index contributed by atoms with van der Waals surface area (Å²) in [4.78, 5) is 11.6. The Morgan fingerprint density at radius 1 is 1.43 bits per heavy atom. The van der Waals surface area contributed by atoms with Crippen molar-refractivity contribution in [1.29, 1.82) is 0 Å². The zero-order valence-corrected chi connectivity index (χ0v) is 14.4. The summed E-state index contributed by atoms with van der Waals surface area (Å²) in [5, 5.41) is 9.32. The molecule has 7 heteroatoms. The average Bonchev–Trinajstić information content (AvgIpc) is 2.41. The van der Waals surface area contributed by atoms with Gasteiger partial charge in [0.2, 0.25) is 10.0 Å². The highest BCUT2D eigenvalue weighted by atomic mass is 79.9. The molecule has 0 bridgehead atoms. The molecule has 1 aliphatic heterocycles. The molecule has 5 nitrogen and oxygen atoms in total. The van der Waals surface area contributed by atoms with Crippen LogP contribution in [-0.2, 0) is 14.8 Å². The van der Waals surface area contributed by atoms with Crippen molar-refractivity contribution < 1.29 is 18.3 Å². The third kappa shape index (κ3) is 3.14. The Labute approximate surface area is 133 Å². The van der Waals surface area contributed by atoms with Crippen LogP contribution >= 0.6 is 15.9 Å². The first-order valence-electron chi connectivity index (χ1n) is 6.66. The Balaban J connectivity index is 2.40. The summed E-state index contributed by atoms with van der Waals surface area (Å²) in [5.74, 6) is -0.951. The lowest BCUT2D eigenvalue weighted by Gasteiger charge is -2.36. The lowest BCUT2D eigenvalue weighted by atomic mass is 9.83. The molecule has 1 aromatic rings. The third-order valence-corrected chi connectivity index (χ3v) is 6.43. The summed E-state index contributed by atoms with van der Waals surface area (Å²) in [7, 11) is -3.68. The predicted octanol–water partition coefficient (Wildman–Crippen LogP) is 2.63. The lowest BCUT2D eigenvalue weighted by Crippen LogP contribution is -2.48. The SMILES string of the molecule is Cc1ccc(Br)cc1S(=O)(=O)N1CCCC(C)(C(=O)O)C1. The predicted molar refractivity (Wildman–Crippen MR) is 82.6 cm³/mol. The fraction of sp³-hybridized carbons (Fsp3) is 0.500. The molecular formula is C14H18BrNO4S. The topological polar surface area (TPSA) is 74.7 Å². The molecule has 1 aliphatic rings. The van der Waals surface area contributed by atoms with Crippen molar-refractivity contribution in [3.05, 3.63) is 28.2 Å². The fourth-order valence-corrected chi connectivity index (χ4v) is 4.93. The highest BCUT2D eigenvalue weighted by Gasteiger charge is 2.42. The van der Waals surface area contributed by atoms with Crippen LogP contribution in [0.15, 0.2) is 27.6 Å². The van der Waals surface area contributed by atoms with Crippen LogP contribution in [0.4, 0.5) is 0 Å². The molecule has 0 saturated carbocycles. The van der Waals surface area contributed by atoms with Crippen LogP contribution < -0.4 is 0 Å². The number of benzene rings is 1. The van der Waals surface area contributed by atoms with Gasteiger partial charge in [0.15, 0.2) is 0 Å². The van der Waals surface area contributed by atoms with E-state index in [1.54, 1.807) is 32.0 Å². The van der Waals surface area contributed by atoms with Gasteiger partial charge < -0.3 is 5.11 Å². The number of carboxylic acids is 1. The Morgan fingerprint density at radius 3 is 2.71 bits per heavy atom. The van der Waals surface area contributed by atoms with Gasteiger partial charge >= 0.3 is 5.97 Å². The number of hydrogen-bond donors (Lipinski definition) is 1. The molecule has 2 rings (SSSR count). The molecule has 0 spiro atoms. The maximum Gasteiger partial charge on any atom is 0.310 e. The molecule has 21 heavy (non-hydrogen) atoms. The monoisotopic (exact) mass is 375 g/mol. The Hall–Kier alpha value is -0.920. The summed E-state index contributed by atoms with van der Waals surface area (Å²) in [5.41, 5.74) is -0.369. The summed E-state index contributed by atoms with van der Waals surface area (Å²) < 4.78 is 27.5. The number of piperidine rings is 1. The summed E-state index contributed by atoms with van der Waals surface area (Å²) in [6.07, 6.45) is 1.04. The first kappa shape index (κ1) is 16.5. The average molecular weight is 376 g/mol. The van der Waals surface area contributed by atoms with Crippen molar-refractivity contribution in [1.82, 2.24) is 4.31 Å². The van der Waals surface area contributed by atoms with Crippen LogP contribution in [0.25, 0.3) is 0 Å². The van der Waals surface area contributed by atoms with E-state index in [2.05, 4.69) is 15.9 Å². The van der Waals surface area contributed by atoms with E-state index in [9.17, 15) is 18.3 Å². The minimum absolute atomic E-state index is 0.0105. The second kappa shape index (κ2) is 5.70. The second-order valence-corrected chi connectivity index (χ2v) is 8.54. The number of hydrogen-bond acceptors (Lipinski definition) is 3. The normalized spacial score (nSPS) is 24.0. The fourth-order valence-electron chi connectivity index (χ4n) is 2.56. The minimum Gasteiger partial charge on any atom is -0.481 e. The molecule has 0 aliphatic carbocycles. The largest absolute Gasteiger partial charge is 0.481 e. The molecule has 1 aromatic carbocycles. The number of carbonyl (C=O) groups is 1. The quantitative estimate of drug-likeness (QED) is 0.880. The molecule has 1 heterocycles. The van der Waals surface area contributed by atoms with E-state index in [-0.39, 0.29) is 11.4 Å². The summed E-state index contributed by atoms with van der Waals surface area (Å²) in [6.45, 7) is 3.71. The van der Waals surface area contributed by atoms with Crippen molar-refractivity contribution >= 4 is 31.9 Å². The van der Waals surface area contributed by atoms with E-state index in [1.807, 2.05) is 0 Å². The van der Waals surface area contributed by atoms with Gasteiger partial charge in [0, 0.05) is 17.6 Å². The highest BCUT2D eigenvalue weighted by molar-refractivity contribution is 9.10. The molecule has 1 N–H and O–H groups in total. The number of carboxylic acid groups (broad SMARTS) is 1. The Morgan fingerprint density at radius 2 is 2.10 bits per heavy atom. The Kier molecular flexibility index (Phi) is 4.46. The molecule has 116 valence electrons. The number of rotatable bonds is 3. The number of nitrogens with zero attached hydrogens (tertiary/aromatic N) is 1. The first-order valence-corrected chi connectivity index (χ1v) is 8.90. The van der Waals surface area contributed by atoms with Gasteiger partial charge in [0.25, 0.3) is 0 Å². The lowest BCUT2D eigenvalue weighted by molar-refractivity contribution is -0.150. The second-order valence-electron chi connectivity index (χ2n) is 5.72. The van der Waals surface area contributed by atoms with Crippen LogP contribution in [0.3, 0.4) is 0 Å². The van der Waals surface area contributed by atoms with E-state index in [0.29, 0.717) is 29.4 Å². The zero-order chi connectivity index (χ0) is 15.8. The molecular weight excluding hydrogens is 358 g/mol. The van der Waals surface area contributed by atoms with Gasteiger partial charge in [0.1, 0.15) is 0 Å². The van der Waals surface area contributed by atoms with Gasteiger partial charge in [-0.2, -0.15) is 4.31 Å². The van der Waals surface area contributed by atoms with E-state index in [1.165, 1.54) is 4.31 Å². The number of halogens is 1. The molecule has 0 amide bonds. The molecule has 0 aromatic heterocycles. The van der Waals surface area contributed by atoms with Crippen LogP contribution in [0.5, 0.6) is 0 Å². The minimum atomic E-state index is -3.68. The molecule has 1 saturated heterocycles. The van der Waals surface area contributed by atoms with Gasteiger partial charge in [-0.05, 0) is 44.4 Å². The zero-order valence-electron chi connectivity index (χ0n) is 12.0. The standard InChI is InChI=1S/C14H18BrNO4S/c1-10-4-5-11(15)8-12(10)21(19,20)16-7-3-6-14(2,9-16)13(17)18/h4-5,8H,3,6-7,9H2,1-2H3,(H,17,18). The Bertz CT molecular complexity index is 674. The van der Waals surface area contributed by atoms with E-state index < -0.39 is 21.4 Å². The van der Waals surface area contributed by atoms with E-state index >= 15 is 0 Å². The third-order valence-electron chi connectivity index (χ3n) is 3.95. The van der Waals surface area contributed by atoms with Crippen LogP contribution in [0.1, 0.15) is 25.3 Å². The van der Waals surface area contributed by atoms with Gasteiger partial charge in [-0.3, -0.25) is 4.79 Å². The first-order chi connectivity index (χ1) is 9.67. The molecule has 1 atom stereocenters. The van der Waals surface area contributed by atoms with Crippen molar-refractivity contribution in [3.63, 3.8) is 0 Å². The maximum absolute atomic E-state index is 12.8. The maximum atomic E-state index is 12.8. The van der Waals surface area contributed by atoms with E-state index in [0.717, 1.165) is 0 Å². The van der Waals surface area contributed by atoms with Gasteiger partial charge in [-0.25, -0.2) is 8.42 Å². The molecule has 1 fully saturated rings. The van der Waals surface area contributed by atoms with Gasteiger partial charge in [0.05, 0.1) is 10.3 Å². The molecule has 0 radical (unpaired) electrons. The van der Waals surface area contributed by atoms with Crippen LogP contribution in [-0.4, -0.2) is 36.9 Å². The van der Waals surface area contributed by atoms with Crippen LogP contribution in [0.2, 0.25) is 0 Å². The van der Waals surface area contributed by atoms with Crippen molar-refractivity contribution in [2.45, 2.75) is 31.6 Å². The summed E-state index contributed by atoms with van der Waals surface area (Å²) in [6, 6.07) is 5.08. The number of aliphatic carboxylic acids is 1. The van der Waals surface area contributed by atoms with E-state index in [4.69, 9.17) is 0 Å². The summed E-state index contributed by atoms with van der Waals surface area (Å²) >= 11 is 3.28.